The van der Waals surface area contributed by atoms with Crippen LogP contribution in [0.4, 0.5) is 0 Å². The summed E-state index contributed by atoms with van der Waals surface area (Å²) in [7, 11) is 1.56. The summed E-state index contributed by atoms with van der Waals surface area (Å²) in [5.74, 6) is -0.403. The lowest BCUT2D eigenvalue weighted by molar-refractivity contribution is -0.131. The molecule has 120 valence electrons. The maximum absolute atomic E-state index is 12.5. The van der Waals surface area contributed by atoms with Gasteiger partial charge < -0.3 is 19.6 Å². The van der Waals surface area contributed by atoms with E-state index >= 15 is 0 Å². The largest absolute Gasteiger partial charge is 0.389 e. The fraction of sp³-hybridized carbons (Fsp3) is 0.500. The van der Waals surface area contributed by atoms with Crippen LogP contribution in [0.5, 0.6) is 0 Å². The molecule has 22 heavy (non-hydrogen) atoms. The van der Waals surface area contributed by atoms with Crippen molar-refractivity contribution in [2.45, 2.75) is 13.0 Å². The molecule has 1 aromatic rings. The molecule has 1 aliphatic rings. The Balaban J connectivity index is 2.11. The van der Waals surface area contributed by atoms with E-state index in [2.05, 4.69) is 0 Å². The number of hydrogen-bond acceptors (Lipinski definition) is 4. The molecule has 0 saturated carbocycles. The molecule has 0 spiro atoms. The molecule has 1 fully saturated rings. The van der Waals surface area contributed by atoms with Crippen LogP contribution >= 0.6 is 0 Å². The van der Waals surface area contributed by atoms with Gasteiger partial charge in [0, 0.05) is 32.3 Å². The topological polar surface area (TPSA) is 70.1 Å². The Bertz CT molecular complexity index is 547. The van der Waals surface area contributed by atoms with Crippen LogP contribution in [-0.2, 0) is 9.53 Å². The predicted octanol–water partition coefficient (Wildman–Crippen LogP) is 0.287. The van der Waals surface area contributed by atoms with E-state index in [1.807, 2.05) is 19.1 Å². The summed E-state index contributed by atoms with van der Waals surface area (Å²) < 4.78 is 4.97. The Labute approximate surface area is 130 Å². The highest BCUT2D eigenvalue weighted by atomic mass is 16.5. The Kier molecular flexibility index (Phi) is 5.51. The number of nitrogens with zero attached hydrogens (tertiary/aromatic N) is 2. The number of amides is 2. The molecule has 1 aromatic carbocycles. The first-order valence-electron chi connectivity index (χ1n) is 7.32. The molecule has 2 amide bonds. The number of carbonyl (C=O) groups excluding carboxylic acids is 2. The van der Waals surface area contributed by atoms with Gasteiger partial charge in [0.2, 0.25) is 5.91 Å². The summed E-state index contributed by atoms with van der Waals surface area (Å²) >= 11 is 0. The second kappa shape index (κ2) is 7.38. The van der Waals surface area contributed by atoms with Crippen molar-refractivity contribution in [2.24, 2.45) is 0 Å². The normalized spacial score (nSPS) is 19.2. The van der Waals surface area contributed by atoms with E-state index in [1.165, 1.54) is 9.80 Å². The van der Waals surface area contributed by atoms with Gasteiger partial charge in [0.15, 0.2) is 0 Å². The zero-order valence-electron chi connectivity index (χ0n) is 13.0. The maximum atomic E-state index is 12.5. The van der Waals surface area contributed by atoms with Crippen LogP contribution in [0.1, 0.15) is 15.9 Å². The molecule has 0 bridgehead atoms. The highest BCUT2D eigenvalue weighted by molar-refractivity contribution is 5.96. The Hall–Kier alpha value is -1.92. The molecular formula is C16H22N2O4. The van der Waals surface area contributed by atoms with Gasteiger partial charge in [-0.05, 0) is 19.1 Å². The van der Waals surface area contributed by atoms with Gasteiger partial charge in [0.25, 0.3) is 5.91 Å². The van der Waals surface area contributed by atoms with Gasteiger partial charge >= 0.3 is 0 Å². The average Bonchev–Trinajstić information content (AvgIpc) is 2.63. The Morgan fingerprint density at radius 1 is 1.41 bits per heavy atom. The summed E-state index contributed by atoms with van der Waals surface area (Å²) in [4.78, 5) is 27.7. The summed E-state index contributed by atoms with van der Waals surface area (Å²) in [6.45, 7) is 3.09. The molecule has 0 radical (unpaired) electrons. The number of methoxy groups -OCH3 is 1. The zero-order chi connectivity index (χ0) is 16.1. The molecule has 1 atom stereocenters. The maximum Gasteiger partial charge on any atom is 0.254 e. The first-order valence-corrected chi connectivity index (χ1v) is 7.32. The van der Waals surface area contributed by atoms with Crippen LogP contribution in [0.2, 0.25) is 0 Å². The fourth-order valence-electron chi connectivity index (χ4n) is 2.53. The highest BCUT2D eigenvalue weighted by Gasteiger charge is 2.29. The quantitative estimate of drug-likeness (QED) is 0.868. The smallest absolute Gasteiger partial charge is 0.254 e. The third-order valence-corrected chi connectivity index (χ3v) is 3.66. The van der Waals surface area contributed by atoms with Crippen LogP contribution in [0.3, 0.4) is 0 Å². The van der Waals surface area contributed by atoms with Crippen LogP contribution in [0, 0.1) is 6.92 Å². The number of aryl methyl sites for hydroxylation is 1. The van der Waals surface area contributed by atoms with Crippen molar-refractivity contribution in [1.29, 1.82) is 0 Å². The van der Waals surface area contributed by atoms with Crippen molar-refractivity contribution >= 4 is 11.8 Å². The summed E-state index contributed by atoms with van der Waals surface area (Å²) in [5.41, 5.74) is 1.51. The number of aliphatic hydroxyl groups excluding tert-OH is 1. The molecule has 1 heterocycles. The van der Waals surface area contributed by atoms with Crippen molar-refractivity contribution in [3.05, 3.63) is 35.4 Å². The number of benzene rings is 1. The van der Waals surface area contributed by atoms with E-state index in [4.69, 9.17) is 4.74 Å². The van der Waals surface area contributed by atoms with Crippen LogP contribution < -0.4 is 0 Å². The van der Waals surface area contributed by atoms with Crippen LogP contribution in [0.15, 0.2) is 24.3 Å². The minimum atomic E-state index is -0.753. The second-order valence-electron chi connectivity index (χ2n) is 5.54. The van der Waals surface area contributed by atoms with Crippen molar-refractivity contribution in [1.82, 2.24) is 9.80 Å². The van der Waals surface area contributed by atoms with Gasteiger partial charge in [0.1, 0.15) is 6.54 Å². The minimum Gasteiger partial charge on any atom is -0.389 e. The van der Waals surface area contributed by atoms with Gasteiger partial charge in [-0.3, -0.25) is 9.59 Å². The van der Waals surface area contributed by atoms with Crippen molar-refractivity contribution in [3.63, 3.8) is 0 Å². The first kappa shape index (κ1) is 16.5. The van der Waals surface area contributed by atoms with Crippen LogP contribution in [0.25, 0.3) is 0 Å². The summed E-state index contributed by atoms with van der Waals surface area (Å²) in [6, 6.07) is 7.22. The molecule has 1 saturated heterocycles. The number of rotatable bonds is 4. The molecule has 0 aliphatic carbocycles. The SMILES string of the molecule is COCCN1CC(O)CN(C(=O)c2cccc(C)c2)CC1=O. The van der Waals surface area contributed by atoms with Crippen molar-refractivity contribution in [3.8, 4) is 0 Å². The van der Waals surface area contributed by atoms with E-state index in [-0.39, 0.29) is 31.4 Å². The lowest BCUT2D eigenvalue weighted by atomic mass is 10.1. The zero-order valence-corrected chi connectivity index (χ0v) is 13.0. The Morgan fingerprint density at radius 2 is 2.18 bits per heavy atom. The standard InChI is InChI=1S/C16H22N2O4/c1-12-4-3-5-13(8-12)16(21)18-10-14(19)9-17(6-7-22-2)15(20)11-18/h3-5,8,14,19H,6-7,9-11H2,1-2H3. The third-order valence-electron chi connectivity index (χ3n) is 3.66. The molecule has 1 aliphatic heterocycles. The van der Waals surface area contributed by atoms with Crippen molar-refractivity contribution < 1.29 is 19.4 Å². The molecule has 6 nitrogen and oxygen atoms in total. The number of ether oxygens (including phenoxy) is 1. The van der Waals surface area contributed by atoms with E-state index in [0.717, 1.165) is 5.56 Å². The summed E-state index contributed by atoms with van der Waals surface area (Å²) in [5, 5.41) is 10.1. The first-order chi connectivity index (χ1) is 10.5. The van der Waals surface area contributed by atoms with Gasteiger partial charge in [-0.1, -0.05) is 17.7 Å². The predicted molar refractivity (Wildman–Crippen MR) is 81.5 cm³/mol. The summed E-state index contributed by atoms with van der Waals surface area (Å²) in [6.07, 6.45) is -0.753. The number of β-amino-alcohol motifs (C(OH)–C–C–N with tert-alkyl or cyclic N) is 1. The lowest BCUT2D eigenvalue weighted by Gasteiger charge is -2.21. The molecule has 1 unspecified atom stereocenters. The highest BCUT2D eigenvalue weighted by Crippen LogP contribution is 2.12. The van der Waals surface area contributed by atoms with Gasteiger partial charge in [-0.15, -0.1) is 0 Å². The molecule has 2 rings (SSSR count). The van der Waals surface area contributed by atoms with Gasteiger partial charge in [-0.25, -0.2) is 0 Å². The lowest BCUT2D eigenvalue weighted by Crippen LogP contribution is -2.40. The van der Waals surface area contributed by atoms with E-state index < -0.39 is 6.10 Å². The van der Waals surface area contributed by atoms with E-state index in [0.29, 0.717) is 18.7 Å². The number of aliphatic hydroxyl groups is 1. The molecule has 1 N–H and O–H groups in total. The monoisotopic (exact) mass is 306 g/mol. The van der Waals surface area contributed by atoms with Crippen molar-refractivity contribution in [2.75, 3.05) is 39.9 Å². The number of hydrogen-bond donors (Lipinski definition) is 1. The average molecular weight is 306 g/mol. The minimum absolute atomic E-state index is 0.0203. The molecular weight excluding hydrogens is 284 g/mol. The molecule has 6 heteroatoms. The Morgan fingerprint density at radius 3 is 2.86 bits per heavy atom. The number of carbonyl (C=O) groups is 2. The van der Waals surface area contributed by atoms with E-state index in [9.17, 15) is 14.7 Å². The van der Waals surface area contributed by atoms with Crippen LogP contribution in [-0.4, -0.2) is 72.7 Å². The second-order valence-corrected chi connectivity index (χ2v) is 5.54. The third kappa shape index (κ3) is 4.05. The van der Waals surface area contributed by atoms with Gasteiger partial charge in [-0.2, -0.15) is 0 Å². The molecule has 0 aromatic heterocycles. The fourth-order valence-corrected chi connectivity index (χ4v) is 2.53. The van der Waals surface area contributed by atoms with E-state index in [1.54, 1.807) is 19.2 Å². The van der Waals surface area contributed by atoms with Gasteiger partial charge in [0.05, 0.1) is 12.7 Å².